The van der Waals surface area contributed by atoms with Gasteiger partial charge in [0.1, 0.15) is 5.82 Å². The number of pyridine rings is 1. The van der Waals surface area contributed by atoms with Gasteiger partial charge in [-0.05, 0) is 29.8 Å². The highest BCUT2D eigenvalue weighted by Crippen LogP contribution is 2.21. The Morgan fingerprint density at radius 1 is 1.26 bits per heavy atom. The highest BCUT2D eigenvalue weighted by molar-refractivity contribution is 7.98. The summed E-state index contributed by atoms with van der Waals surface area (Å²) < 4.78 is 13.5. The molecule has 1 aromatic carbocycles. The van der Waals surface area contributed by atoms with Gasteiger partial charge in [-0.15, -0.1) is 11.8 Å². The standard InChI is InChI=1S/C15H13FN2S/c16-14-7-6-12(10-13(14)4-3-8-17)11-19-15-5-1-2-9-18-15/h1-2,5-7,9-10H,8,11,17H2. The Morgan fingerprint density at radius 2 is 2.16 bits per heavy atom. The average Bonchev–Trinajstić information content (AvgIpc) is 2.46. The third kappa shape index (κ3) is 4.09. The molecular weight excluding hydrogens is 259 g/mol. The molecule has 0 spiro atoms. The summed E-state index contributed by atoms with van der Waals surface area (Å²) in [5.41, 5.74) is 6.70. The topological polar surface area (TPSA) is 38.9 Å². The highest BCUT2D eigenvalue weighted by atomic mass is 32.2. The molecule has 0 saturated heterocycles. The lowest BCUT2D eigenvalue weighted by molar-refractivity contribution is 0.624. The summed E-state index contributed by atoms with van der Waals surface area (Å²) in [5.74, 6) is 5.82. The molecule has 0 amide bonds. The quantitative estimate of drug-likeness (QED) is 0.690. The van der Waals surface area contributed by atoms with Gasteiger partial charge in [0.2, 0.25) is 0 Å². The second-order valence-corrected chi connectivity index (χ2v) is 4.77. The Hall–Kier alpha value is -1.83. The molecule has 0 saturated carbocycles. The van der Waals surface area contributed by atoms with Crippen molar-refractivity contribution in [3.63, 3.8) is 0 Å². The number of nitrogens with zero attached hydrogens (tertiary/aromatic N) is 1. The Balaban J connectivity index is 2.09. The van der Waals surface area contributed by atoms with E-state index in [4.69, 9.17) is 5.73 Å². The maximum atomic E-state index is 13.5. The summed E-state index contributed by atoms with van der Waals surface area (Å²) in [6.45, 7) is 0.229. The number of rotatable bonds is 3. The lowest BCUT2D eigenvalue weighted by Crippen LogP contribution is -1.94. The monoisotopic (exact) mass is 272 g/mol. The lowest BCUT2D eigenvalue weighted by atomic mass is 10.1. The van der Waals surface area contributed by atoms with E-state index in [1.165, 1.54) is 6.07 Å². The van der Waals surface area contributed by atoms with Crippen LogP contribution in [-0.4, -0.2) is 11.5 Å². The summed E-state index contributed by atoms with van der Waals surface area (Å²) in [6, 6.07) is 10.7. The molecule has 19 heavy (non-hydrogen) atoms. The molecule has 0 bridgehead atoms. The summed E-state index contributed by atoms with van der Waals surface area (Å²) in [6.07, 6.45) is 1.76. The minimum atomic E-state index is -0.312. The molecule has 2 aromatic rings. The zero-order valence-corrected chi connectivity index (χ0v) is 11.1. The number of thioether (sulfide) groups is 1. The van der Waals surface area contributed by atoms with Crippen molar-refractivity contribution in [1.29, 1.82) is 0 Å². The molecule has 2 nitrogen and oxygen atoms in total. The largest absolute Gasteiger partial charge is 0.320 e. The van der Waals surface area contributed by atoms with Crippen LogP contribution < -0.4 is 5.73 Å². The maximum Gasteiger partial charge on any atom is 0.138 e. The Bertz CT molecular complexity index is 603. The zero-order valence-electron chi connectivity index (χ0n) is 10.3. The molecule has 0 radical (unpaired) electrons. The van der Waals surface area contributed by atoms with Crippen LogP contribution in [0.15, 0.2) is 47.6 Å². The van der Waals surface area contributed by atoms with E-state index in [0.29, 0.717) is 5.56 Å². The fraction of sp³-hybridized carbons (Fsp3) is 0.133. The number of benzene rings is 1. The first-order valence-corrected chi connectivity index (χ1v) is 6.79. The summed E-state index contributed by atoms with van der Waals surface area (Å²) in [5, 5.41) is 0.946. The normalized spacial score (nSPS) is 9.79. The van der Waals surface area contributed by atoms with Crippen LogP contribution in [0.5, 0.6) is 0 Å². The van der Waals surface area contributed by atoms with Crippen LogP contribution in [0, 0.1) is 17.7 Å². The first-order chi connectivity index (χ1) is 9.29. The van der Waals surface area contributed by atoms with E-state index >= 15 is 0 Å². The smallest absolute Gasteiger partial charge is 0.138 e. The van der Waals surface area contributed by atoms with E-state index in [1.807, 2.05) is 18.2 Å². The molecule has 4 heteroatoms. The van der Waals surface area contributed by atoms with E-state index in [-0.39, 0.29) is 12.4 Å². The highest BCUT2D eigenvalue weighted by Gasteiger charge is 2.02. The molecule has 2 rings (SSSR count). The molecular formula is C15H13FN2S. The van der Waals surface area contributed by atoms with Gasteiger partial charge >= 0.3 is 0 Å². The zero-order chi connectivity index (χ0) is 13.5. The summed E-state index contributed by atoms with van der Waals surface area (Å²) in [7, 11) is 0. The van der Waals surface area contributed by atoms with Crippen molar-refractivity contribution in [2.45, 2.75) is 10.8 Å². The van der Waals surface area contributed by atoms with Gasteiger partial charge in [-0.1, -0.05) is 24.0 Å². The van der Waals surface area contributed by atoms with Gasteiger partial charge in [-0.25, -0.2) is 9.37 Å². The van der Waals surface area contributed by atoms with Gasteiger partial charge in [0.25, 0.3) is 0 Å². The lowest BCUT2D eigenvalue weighted by Gasteiger charge is -2.03. The van der Waals surface area contributed by atoms with Crippen molar-refractivity contribution in [1.82, 2.24) is 4.98 Å². The van der Waals surface area contributed by atoms with E-state index in [0.717, 1.165) is 16.3 Å². The average molecular weight is 272 g/mol. The number of hydrogen-bond donors (Lipinski definition) is 1. The molecule has 0 fully saturated rings. The van der Waals surface area contributed by atoms with Crippen LogP contribution in [0.3, 0.4) is 0 Å². The van der Waals surface area contributed by atoms with Crippen LogP contribution >= 0.6 is 11.8 Å². The van der Waals surface area contributed by atoms with Crippen molar-refractivity contribution in [3.8, 4) is 11.8 Å². The van der Waals surface area contributed by atoms with Gasteiger partial charge in [-0.3, -0.25) is 0 Å². The third-order valence-electron chi connectivity index (χ3n) is 2.38. The molecule has 0 aliphatic carbocycles. The minimum Gasteiger partial charge on any atom is -0.320 e. The van der Waals surface area contributed by atoms with Gasteiger partial charge in [0.05, 0.1) is 17.1 Å². The second kappa shape index (κ2) is 6.93. The molecule has 0 aliphatic rings. The van der Waals surface area contributed by atoms with Crippen LogP contribution in [0.2, 0.25) is 0 Å². The van der Waals surface area contributed by atoms with Crippen LogP contribution in [0.1, 0.15) is 11.1 Å². The van der Waals surface area contributed by atoms with Crippen molar-refractivity contribution in [3.05, 3.63) is 59.5 Å². The van der Waals surface area contributed by atoms with Crippen molar-refractivity contribution in [2.75, 3.05) is 6.54 Å². The second-order valence-electron chi connectivity index (χ2n) is 3.78. The van der Waals surface area contributed by atoms with Crippen molar-refractivity contribution >= 4 is 11.8 Å². The summed E-state index contributed by atoms with van der Waals surface area (Å²) >= 11 is 1.61. The number of aromatic nitrogens is 1. The molecule has 0 atom stereocenters. The first-order valence-electron chi connectivity index (χ1n) is 5.81. The molecule has 0 unspecified atom stereocenters. The van der Waals surface area contributed by atoms with Gasteiger partial charge in [0, 0.05) is 11.9 Å². The Labute approximate surface area is 116 Å². The molecule has 2 N–H and O–H groups in total. The maximum absolute atomic E-state index is 13.5. The van der Waals surface area contributed by atoms with E-state index in [9.17, 15) is 4.39 Å². The number of hydrogen-bond acceptors (Lipinski definition) is 3. The third-order valence-corrected chi connectivity index (χ3v) is 3.40. The summed E-state index contributed by atoms with van der Waals surface area (Å²) in [4.78, 5) is 4.23. The Morgan fingerprint density at radius 3 is 2.89 bits per heavy atom. The van der Waals surface area contributed by atoms with E-state index in [2.05, 4.69) is 16.8 Å². The van der Waals surface area contributed by atoms with Gasteiger partial charge < -0.3 is 5.73 Å². The van der Waals surface area contributed by atoms with Gasteiger partial charge in [0.15, 0.2) is 0 Å². The molecule has 1 heterocycles. The molecule has 0 aliphatic heterocycles. The SMILES string of the molecule is NCC#Cc1cc(CSc2ccccn2)ccc1F. The molecule has 1 aromatic heterocycles. The van der Waals surface area contributed by atoms with E-state index < -0.39 is 0 Å². The predicted octanol–water partition coefficient (Wildman–Crippen LogP) is 2.82. The van der Waals surface area contributed by atoms with Crippen molar-refractivity contribution < 1.29 is 4.39 Å². The van der Waals surface area contributed by atoms with Crippen LogP contribution in [-0.2, 0) is 5.75 Å². The van der Waals surface area contributed by atoms with Crippen molar-refractivity contribution in [2.24, 2.45) is 5.73 Å². The number of halogens is 1. The Kier molecular flexibility index (Phi) is 4.96. The predicted molar refractivity (Wildman–Crippen MR) is 76.1 cm³/mol. The molecule has 96 valence electrons. The van der Waals surface area contributed by atoms with E-state index in [1.54, 1.807) is 30.1 Å². The number of nitrogens with two attached hydrogens (primary N) is 1. The fourth-order valence-corrected chi connectivity index (χ4v) is 2.30. The minimum absolute atomic E-state index is 0.229. The van der Waals surface area contributed by atoms with Crippen LogP contribution in [0.25, 0.3) is 0 Å². The van der Waals surface area contributed by atoms with Gasteiger partial charge in [-0.2, -0.15) is 0 Å². The van der Waals surface area contributed by atoms with Crippen LogP contribution in [0.4, 0.5) is 4.39 Å². The first kappa shape index (κ1) is 13.6. The fourth-order valence-electron chi connectivity index (χ4n) is 1.49.